The first-order chi connectivity index (χ1) is 23.9. The van der Waals surface area contributed by atoms with Crippen LogP contribution >= 0.6 is 0 Å². The lowest BCUT2D eigenvalue weighted by Crippen LogP contribution is -1.97. The van der Waals surface area contributed by atoms with Gasteiger partial charge >= 0.3 is 0 Å². The Labute approximate surface area is 268 Å². The predicted octanol–water partition coefficient (Wildman–Crippen LogP) is 9.46. The minimum absolute atomic E-state index is 0.252. The van der Waals surface area contributed by atoms with Gasteiger partial charge in [0.25, 0.3) is 0 Å². The van der Waals surface area contributed by atoms with Gasteiger partial charge in [0.15, 0.2) is 0 Å². The first-order valence-corrected chi connectivity index (χ1v) is 15.4. The predicted molar refractivity (Wildman–Crippen MR) is 188 cm³/mol. The molecule has 0 bridgehead atoms. The van der Waals surface area contributed by atoms with Crippen molar-refractivity contribution in [3.8, 4) is 22.5 Å². The average Bonchev–Trinajstić information content (AvgIpc) is 3.85. The molecule has 0 saturated carbocycles. The summed E-state index contributed by atoms with van der Waals surface area (Å²) in [6.07, 6.45) is 0. The first kappa shape index (κ1) is 22.4. The molecule has 0 spiro atoms. The second-order valence-corrected chi connectivity index (χ2v) is 11.9. The zero-order valence-corrected chi connectivity index (χ0v) is 24.9. The minimum Gasteiger partial charge on any atom is -0.278 e. The van der Waals surface area contributed by atoms with Crippen LogP contribution in [0.2, 0.25) is 0 Å². The Morgan fingerprint density at radius 2 is 0.891 bits per heavy atom. The highest BCUT2D eigenvalue weighted by molar-refractivity contribution is 5.95. The third-order valence-electron chi connectivity index (χ3n) is 9.21. The molecule has 6 aromatic carbocycles. The van der Waals surface area contributed by atoms with Gasteiger partial charge in [-0.2, -0.15) is 0 Å². The molecule has 0 fully saturated rings. The van der Waals surface area contributed by atoms with E-state index in [0.717, 1.165) is 72.5 Å². The summed E-state index contributed by atoms with van der Waals surface area (Å²) in [7, 11) is 0. The molecule has 10 aromatic rings. The number of aromatic nitrogens is 6. The number of hydrogen-bond acceptors (Lipinski definition) is 2. The van der Waals surface area contributed by atoms with Gasteiger partial charge in [-0.05, 0) is 96.7 Å². The fourth-order valence-electron chi connectivity index (χ4n) is 7.15. The molecular formula is C40H28N6. The smallest absolute Gasteiger partial charge is 0.220 e. The number of rotatable bonds is 3. The van der Waals surface area contributed by atoms with Crippen LogP contribution in [0.1, 0.15) is 15.2 Å². The number of imidazole rings is 4. The second-order valence-electron chi connectivity index (χ2n) is 11.9. The van der Waals surface area contributed by atoms with Crippen molar-refractivity contribution in [2.45, 2.75) is 13.8 Å². The quantitative estimate of drug-likeness (QED) is 0.204. The summed E-state index contributed by atoms with van der Waals surface area (Å²) in [5.41, 5.74) is 13.0. The summed E-state index contributed by atoms with van der Waals surface area (Å²) in [4.78, 5) is 10.1. The summed E-state index contributed by atoms with van der Waals surface area (Å²) in [5, 5.41) is 0. The highest BCUT2D eigenvalue weighted by Crippen LogP contribution is 2.34. The third-order valence-corrected chi connectivity index (χ3v) is 9.21. The lowest BCUT2D eigenvalue weighted by molar-refractivity contribution is 1.10. The van der Waals surface area contributed by atoms with Gasteiger partial charge in [-0.15, -0.1) is 0 Å². The maximum atomic E-state index is 8.15. The van der Waals surface area contributed by atoms with Crippen molar-refractivity contribution in [3.63, 3.8) is 0 Å². The van der Waals surface area contributed by atoms with Gasteiger partial charge in [0.05, 0.1) is 44.1 Å². The van der Waals surface area contributed by atoms with E-state index >= 15 is 0 Å². The van der Waals surface area contributed by atoms with E-state index in [1.807, 2.05) is 18.2 Å². The Balaban J connectivity index is 1.17. The van der Waals surface area contributed by atoms with Crippen LogP contribution in [0.3, 0.4) is 0 Å². The molecule has 0 aliphatic rings. The molecule has 0 aliphatic carbocycles. The van der Waals surface area contributed by atoms with Crippen molar-refractivity contribution in [2.75, 3.05) is 0 Å². The average molecular weight is 596 g/mol. The molecule has 6 nitrogen and oxygen atoms in total. The zero-order chi connectivity index (χ0) is 33.0. The van der Waals surface area contributed by atoms with Gasteiger partial charge in [-0.3, -0.25) is 17.9 Å². The number of fused-ring (bicyclic) bond motifs is 10. The van der Waals surface area contributed by atoms with Gasteiger partial charge in [0.2, 0.25) is 11.6 Å². The maximum absolute atomic E-state index is 8.15. The molecule has 0 radical (unpaired) electrons. The molecule has 6 heteroatoms. The molecule has 218 valence electrons. The van der Waals surface area contributed by atoms with Gasteiger partial charge in [0.1, 0.15) is 0 Å². The molecule has 0 N–H and O–H groups in total. The molecule has 0 atom stereocenters. The van der Waals surface area contributed by atoms with E-state index in [0.29, 0.717) is 11.3 Å². The topological polar surface area (TPSA) is 44.5 Å². The summed E-state index contributed by atoms with van der Waals surface area (Å²) in [5.74, 6) is 1.54. The van der Waals surface area contributed by atoms with Crippen molar-refractivity contribution in [1.82, 2.24) is 27.9 Å². The Kier molecular flexibility index (Phi) is 4.47. The maximum Gasteiger partial charge on any atom is 0.220 e. The zero-order valence-electron chi connectivity index (χ0n) is 27.9. The molecule has 0 amide bonds. The van der Waals surface area contributed by atoms with E-state index in [2.05, 4.69) is 128 Å². The third kappa shape index (κ3) is 3.35. The Bertz CT molecular complexity index is 2960. The number of benzene rings is 6. The van der Waals surface area contributed by atoms with E-state index in [4.69, 9.17) is 14.1 Å². The molecule has 46 heavy (non-hydrogen) atoms. The normalized spacial score (nSPS) is 13.4. The molecule has 0 saturated heterocycles. The van der Waals surface area contributed by atoms with Crippen molar-refractivity contribution in [3.05, 3.63) is 145 Å². The van der Waals surface area contributed by atoms with Crippen LogP contribution in [0.5, 0.6) is 0 Å². The summed E-state index contributed by atoms with van der Waals surface area (Å²) in [6, 6.07) is 45.3. The van der Waals surface area contributed by atoms with Crippen LogP contribution in [-0.2, 0) is 0 Å². The van der Waals surface area contributed by atoms with E-state index in [-0.39, 0.29) is 5.56 Å². The van der Waals surface area contributed by atoms with Crippen LogP contribution < -0.4 is 0 Å². The summed E-state index contributed by atoms with van der Waals surface area (Å²) < 4.78 is 33.1. The van der Waals surface area contributed by atoms with E-state index in [1.165, 1.54) is 0 Å². The van der Waals surface area contributed by atoms with E-state index in [9.17, 15) is 0 Å². The lowest BCUT2D eigenvalue weighted by Gasteiger charge is -2.11. The lowest BCUT2D eigenvalue weighted by atomic mass is 10.0. The number of para-hydroxylation sites is 6. The molecule has 10 rings (SSSR count). The molecular weight excluding hydrogens is 564 g/mol. The number of nitrogens with zero attached hydrogens (tertiary/aromatic N) is 6. The Morgan fingerprint density at radius 3 is 1.41 bits per heavy atom. The largest absolute Gasteiger partial charge is 0.278 e. The fourth-order valence-corrected chi connectivity index (χ4v) is 7.15. The Morgan fingerprint density at radius 1 is 0.457 bits per heavy atom. The SMILES string of the molecule is [2H]C([2H])([2H])c1cccc2c1nc1n(-c3cccc(-c4cccc(-n5c6ccccc6n6c7cccc(C)c7nc56)c4)c3)c3ccccc3n21. The van der Waals surface area contributed by atoms with Gasteiger partial charge in [-0.1, -0.05) is 72.8 Å². The number of aryl methyl sites for hydroxylation is 2. The highest BCUT2D eigenvalue weighted by Gasteiger charge is 2.20. The number of hydrogen-bond donors (Lipinski definition) is 0. The van der Waals surface area contributed by atoms with E-state index < -0.39 is 6.85 Å². The monoisotopic (exact) mass is 595 g/mol. The Hall–Kier alpha value is -6.14. The summed E-state index contributed by atoms with van der Waals surface area (Å²) in [6.45, 7) is -0.169. The van der Waals surface area contributed by atoms with Crippen LogP contribution in [-0.4, -0.2) is 27.9 Å². The van der Waals surface area contributed by atoms with E-state index in [1.54, 1.807) is 12.1 Å². The standard InChI is InChI=1S/C40H28N6/c1-25-11-7-21-35-37(25)41-39-43(31-17-3-5-19-33(31)45(35)39)29-15-9-13-27(23-29)28-14-10-16-30(24-28)44-32-18-4-6-20-34(32)46-36-22-8-12-26(2)38(36)42-40(44)46/h3-24H,1-2H3/i1D3. The van der Waals surface area contributed by atoms with Gasteiger partial charge in [-0.25, -0.2) is 9.97 Å². The second kappa shape index (κ2) is 9.19. The van der Waals surface area contributed by atoms with Crippen molar-refractivity contribution < 1.29 is 4.11 Å². The van der Waals surface area contributed by atoms with Crippen LogP contribution in [0.4, 0.5) is 0 Å². The molecule has 0 unspecified atom stereocenters. The summed E-state index contributed by atoms with van der Waals surface area (Å²) >= 11 is 0. The van der Waals surface area contributed by atoms with Crippen molar-refractivity contribution >= 4 is 55.7 Å². The fraction of sp³-hybridized carbons (Fsp3) is 0.0500. The van der Waals surface area contributed by atoms with Gasteiger partial charge < -0.3 is 0 Å². The first-order valence-electron chi connectivity index (χ1n) is 16.9. The van der Waals surface area contributed by atoms with Crippen molar-refractivity contribution in [1.29, 1.82) is 0 Å². The van der Waals surface area contributed by atoms with Crippen LogP contribution in [0, 0.1) is 13.8 Å². The molecule has 0 aliphatic heterocycles. The van der Waals surface area contributed by atoms with Crippen LogP contribution in [0.25, 0.3) is 78.2 Å². The van der Waals surface area contributed by atoms with Crippen molar-refractivity contribution in [2.24, 2.45) is 0 Å². The van der Waals surface area contributed by atoms with Crippen LogP contribution in [0.15, 0.2) is 133 Å². The van der Waals surface area contributed by atoms with Gasteiger partial charge in [0, 0.05) is 15.5 Å². The highest BCUT2D eigenvalue weighted by atomic mass is 15.2. The minimum atomic E-state index is -2.27. The molecule has 4 aromatic heterocycles. The molecule has 4 heterocycles.